The minimum Gasteiger partial charge on any atom is -0.504 e. The highest BCUT2D eigenvalue weighted by molar-refractivity contribution is 14.0. The average molecular weight is 449 g/mol. The van der Waals surface area contributed by atoms with E-state index in [1.165, 1.54) is 7.11 Å². The third-order valence-corrected chi connectivity index (χ3v) is 3.94. The number of aliphatic imine (C=N–C) groups is 1. The van der Waals surface area contributed by atoms with E-state index in [0.717, 1.165) is 44.1 Å². The van der Waals surface area contributed by atoms with Gasteiger partial charge in [-0.25, -0.2) is 4.99 Å². The van der Waals surface area contributed by atoms with Crippen molar-refractivity contribution in [2.75, 3.05) is 26.8 Å². The predicted molar refractivity (Wildman–Crippen MR) is 106 cm³/mol. The van der Waals surface area contributed by atoms with Crippen LogP contribution in [-0.2, 0) is 11.3 Å². The number of rotatable bonds is 6. The lowest BCUT2D eigenvalue weighted by Crippen LogP contribution is -2.45. The Balaban J connectivity index is 0.00000288. The molecule has 0 aromatic heterocycles. The molecule has 1 aromatic rings. The van der Waals surface area contributed by atoms with Crippen LogP contribution in [0.1, 0.15) is 32.3 Å². The van der Waals surface area contributed by atoms with Gasteiger partial charge in [0.05, 0.1) is 19.3 Å². The maximum atomic E-state index is 9.82. The highest BCUT2D eigenvalue weighted by Gasteiger charge is 2.29. The molecule has 1 aliphatic heterocycles. The van der Waals surface area contributed by atoms with Gasteiger partial charge in [0, 0.05) is 19.7 Å². The van der Waals surface area contributed by atoms with Crippen LogP contribution in [0.25, 0.3) is 0 Å². The van der Waals surface area contributed by atoms with Crippen LogP contribution in [0.5, 0.6) is 11.5 Å². The molecule has 1 saturated heterocycles. The number of phenols is 1. The van der Waals surface area contributed by atoms with Gasteiger partial charge in [0.1, 0.15) is 0 Å². The Morgan fingerprint density at radius 1 is 1.42 bits per heavy atom. The second-order valence-electron chi connectivity index (χ2n) is 5.96. The first-order valence-electron chi connectivity index (χ1n) is 8.08. The van der Waals surface area contributed by atoms with E-state index in [1.54, 1.807) is 12.1 Å². The van der Waals surface area contributed by atoms with E-state index < -0.39 is 0 Å². The standard InChI is InChI=1S/C17H27N3O3.HI/c1-4-18-16(20-12-17(2)8-5-9-23-17)19-11-13-6-7-15(22-3)14(21)10-13;/h6-7,10,21H,4-5,8-9,11-12H2,1-3H3,(H2,18,19,20);1H. The molecule has 0 aliphatic carbocycles. The zero-order valence-electron chi connectivity index (χ0n) is 14.6. The summed E-state index contributed by atoms with van der Waals surface area (Å²) in [5.41, 5.74) is 0.804. The number of nitrogens with one attached hydrogen (secondary N) is 2. The molecule has 0 saturated carbocycles. The summed E-state index contributed by atoms with van der Waals surface area (Å²) >= 11 is 0. The van der Waals surface area contributed by atoms with Crippen molar-refractivity contribution in [1.29, 1.82) is 0 Å². The first-order chi connectivity index (χ1) is 11.1. The van der Waals surface area contributed by atoms with E-state index in [4.69, 9.17) is 9.47 Å². The minimum atomic E-state index is -0.116. The summed E-state index contributed by atoms with van der Waals surface area (Å²) in [5, 5.41) is 16.4. The summed E-state index contributed by atoms with van der Waals surface area (Å²) in [6, 6.07) is 5.31. The molecule has 3 N–H and O–H groups in total. The lowest BCUT2D eigenvalue weighted by Gasteiger charge is -2.24. The molecule has 0 spiro atoms. The van der Waals surface area contributed by atoms with Gasteiger partial charge in [-0.15, -0.1) is 24.0 Å². The van der Waals surface area contributed by atoms with E-state index in [9.17, 15) is 5.11 Å². The highest BCUT2D eigenvalue weighted by atomic mass is 127. The zero-order chi connectivity index (χ0) is 16.7. The fourth-order valence-electron chi connectivity index (χ4n) is 2.59. The number of guanidine groups is 1. The average Bonchev–Trinajstić information content (AvgIpc) is 2.97. The molecular weight excluding hydrogens is 421 g/mol. The number of hydrogen-bond acceptors (Lipinski definition) is 4. The van der Waals surface area contributed by atoms with Gasteiger partial charge in [-0.1, -0.05) is 6.07 Å². The molecule has 0 radical (unpaired) electrons. The summed E-state index contributed by atoms with van der Waals surface area (Å²) in [6.07, 6.45) is 2.17. The van der Waals surface area contributed by atoms with Crippen molar-refractivity contribution >= 4 is 29.9 Å². The molecule has 6 nitrogen and oxygen atoms in total. The predicted octanol–water partition coefficient (Wildman–Crippen LogP) is 2.64. The number of phenolic OH excluding ortho intramolecular Hbond substituents is 1. The van der Waals surface area contributed by atoms with Gasteiger partial charge in [0.25, 0.3) is 0 Å². The number of aromatic hydroxyl groups is 1. The SMILES string of the molecule is CCNC(=NCc1ccc(OC)c(O)c1)NCC1(C)CCCO1.I. The Morgan fingerprint density at radius 2 is 2.21 bits per heavy atom. The van der Waals surface area contributed by atoms with Crippen LogP contribution >= 0.6 is 24.0 Å². The number of methoxy groups -OCH3 is 1. The molecular formula is C17H28IN3O3. The van der Waals surface area contributed by atoms with Gasteiger partial charge in [-0.3, -0.25) is 0 Å². The monoisotopic (exact) mass is 449 g/mol. The third kappa shape index (κ3) is 6.01. The molecule has 0 bridgehead atoms. The lowest BCUT2D eigenvalue weighted by molar-refractivity contribution is 0.0243. The normalized spacial score (nSPS) is 20.4. The molecule has 1 unspecified atom stereocenters. The number of benzene rings is 1. The molecule has 1 aliphatic rings. The van der Waals surface area contributed by atoms with Crippen LogP contribution < -0.4 is 15.4 Å². The van der Waals surface area contributed by atoms with E-state index in [2.05, 4.69) is 22.5 Å². The van der Waals surface area contributed by atoms with Gasteiger partial charge in [-0.05, 0) is 44.4 Å². The minimum absolute atomic E-state index is 0. The van der Waals surface area contributed by atoms with Gasteiger partial charge in [-0.2, -0.15) is 0 Å². The topological polar surface area (TPSA) is 75.1 Å². The third-order valence-electron chi connectivity index (χ3n) is 3.94. The second-order valence-corrected chi connectivity index (χ2v) is 5.96. The molecule has 2 rings (SSSR count). The fourth-order valence-corrected chi connectivity index (χ4v) is 2.59. The van der Waals surface area contributed by atoms with Crippen molar-refractivity contribution < 1.29 is 14.6 Å². The largest absolute Gasteiger partial charge is 0.504 e. The zero-order valence-corrected chi connectivity index (χ0v) is 16.9. The smallest absolute Gasteiger partial charge is 0.191 e. The van der Waals surface area contributed by atoms with Crippen molar-refractivity contribution in [3.8, 4) is 11.5 Å². The van der Waals surface area contributed by atoms with Crippen LogP contribution in [0.3, 0.4) is 0 Å². The molecule has 1 aromatic carbocycles. The number of nitrogens with zero attached hydrogens (tertiary/aromatic N) is 1. The maximum Gasteiger partial charge on any atom is 0.191 e. The Hall–Kier alpha value is -1.22. The van der Waals surface area contributed by atoms with Gasteiger partial charge >= 0.3 is 0 Å². The molecule has 136 valence electrons. The van der Waals surface area contributed by atoms with E-state index in [0.29, 0.717) is 12.3 Å². The highest BCUT2D eigenvalue weighted by Crippen LogP contribution is 2.26. The first-order valence-corrected chi connectivity index (χ1v) is 8.08. The Labute approximate surface area is 161 Å². The van der Waals surface area contributed by atoms with Crippen LogP contribution in [0.2, 0.25) is 0 Å². The summed E-state index contributed by atoms with van der Waals surface area (Å²) in [5.74, 6) is 1.35. The van der Waals surface area contributed by atoms with Crippen LogP contribution in [0.15, 0.2) is 23.2 Å². The van der Waals surface area contributed by atoms with Gasteiger partial charge in [0.15, 0.2) is 17.5 Å². The molecule has 7 heteroatoms. The number of hydrogen-bond donors (Lipinski definition) is 3. The Bertz CT molecular complexity index is 546. The summed E-state index contributed by atoms with van der Waals surface area (Å²) < 4.78 is 10.8. The summed E-state index contributed by atoms with van der Waals surface area (Å²) in [6.45, 7) is 6.98. The molecule has 1 heterocycles. The van der Waals surface area contributed by atoms with Crippen molar-refractivity contribution in [3.05, 3.63) is 23.8 Å². The first kappa shape index (κ1) is 20.8. The summed E-state index contributed by atoms with van der Waals surface area (Å²) in [7, 11) is 1.53. The van der Waals surface area contributed by atoms with Crippen molar-refractivity contribution in [1.82, 2.24) is 10.6 Å². The maximum absolute atomic E-state index is 9.82. The molecule has 0 amide bonds. The second kappa shape index (κ2) is 9.93. The molecule has 24 heavy (non-hydrogen) atoms. The fraction of sp³-hybridized carbons (Fsp3) is 0.588. The van der Waals surface area contributed by atoms with Gasteiger partial charge < -0.3 is 25.2 Å². The van der Waals surface area contributed by atoms with Crippen molar-refractivity contribution in [3.63, 3.8) is 0 Å². The van der Waals surface area contributed by atoms with E-state index in [-0.39, 0.29) is 35.3 Å². The van der Waals surface area contributed by atoms with E-state index in [1.807, 2.05) is 13.0 Å². The van der Waals surface area contributed by atoms with Crippen LogP contribution in [0.4, 0.5) is 0 Å². The summed E-state index contributed by atoms with van der Waals surface area (Å²) in [4.78, 5) is 4.56. The number of halogens is 1. The van der Waals surface area contributed by atoms with Crippen molar-refractivity contribution in [2.24, 2.45) is 4.99 Å². The van der Waals surface area contributed by atoms with Crippen molar-refractivity contribution in [2.45, 2.75) is 38.8 Å². The van der Waals surface area contributed by atoms with E-state index >= 15 is 0 Å². The quantitative estimate of drug-likeness (QED) is 0.354. The van der Waals surface area contributed by atoms with Crippen LogP contribution in [-0.4, -0.2) is 43.5 Å². The lowest BCUT2D eigenvalue weighted by atomic mass is 10.0. The number of ether oxygens (including phenoxy) is 2. The molecule has 1 atom stereocenters. The Kier molecular flexibility index (Phi) is 8.61. The Morgan fingerprint density at radius 3 is 2.79 bits per heavy atom. The van der Waals surface area contributed by atoms with Crippen LogP contribution in [0, 0.1) is 0 Å². The molecule has 1 fully saturated rings. The van der Waals surface area contributed by atoms with Gasteiger partial charge in [0.2, 0.25) is 0 Å².